The van der Waals surface area contributed by atoms with Gasteiger partial charge in [0.1, 0.15) is 5.75 Å². The van der Waals surface area contributed by atoms with E-state index in [2.05, 4.69) is 6.07 Å². The summed E-state index contributed by atoms with van der Waals surface area (Å²) in [5.41, 5.74) is 3.20. The van der Waals surface area contributed by atoms with Gasteiger partial charge in [-0.2, -0.15) is 5.26 Å². The third-order valence-corrected chi connectivity index (χ3v) is 5.22. The smallest absolute Gasteiger partial charge is 0.232 e. The number of anilines is 1. The Morgan fingerprint density at radius 2 is 2.08 bits per heavy atom. The van der Waals surface area contributed by atoms with Crippen molar-refractivity contribution in [2.24, 2.45) is 0 Å². The van der Waals surface area contributed by atoms with Gasteiger partial charge in [-0.3, -0.25) is 4.31 Å². The van der Waals surface area contributed by atoms with Crippen molar-refractivity contribution in [1.82, 2.24) is 0 Å². The van der Waals surface area contributed by atoms with Crippen LogP contribution in [0.25, 0.3) is 0 Å². The van der Waals surface area contributed by atoms with Crippen LogP contribution in [0, 0.1) is 11.3 Å². The zero-order chi connectivity index (χ0) is 17.2. The van der Waals surface area contributed by atoms with Crippen molar-refractivity contribution in [3.8, 4) is 11.8 Å². The molecule has 6 heteroatoms. The summed E-state index contributed by atoms with van der Waals surface area (Å²) in [6.45, 7) is 1.03. The second-order valence-corrected chi connectivity index (χ2v) is 7.69. The Kier molecular flexibility index (Phi) is 4.45. The summed E-state index contributed by atoms with van der Waals surface area (Å²) in [7, 11) is -3.43. The van der Waals surface area contributed by atoms with Gasteiger partial charge in [0.2, 0.25) is 10.0 Å². The third kappa shape index (κ3) is 3.52. The van der Waals surface area contributed by atoms with E-state index < -0.39 is 10.0 Å². The summed E-state index contributed by atoms with van der Waals surface area (Å²) in [4.78, 5) is 0. The number of fused-ring (bicyclic) bond motifs is 1. The van der Waals surface area contributed by atoms with Gasteiger partial charge in [0.05, 0.1) is 30.2 Å². The minimum atomic E-state index is -3.43. The standard InChI is InChI=1S/C18H18N2O3S/c1-24(21,22)20(17-4-2-3-15(12-17)13-19)9-7-14-5-6-18-16(11-14)8-10-23-18/h2-6,11-12H,7-10H2,1H3. The van der Waals surface area contributed by atoms with Crippen LogP contribution in [-0.2, 0) is 22.9 Å². The Balaban J connectivity index is 1.82. The Bertz CT molecular complexity index is 901. The van der Waals surface area contributed by atoms with Gasteiger partial charge in [-0.15, -0.1) is 0 Å². The monoisotopic (exact) mass is 342 g/mol. The summed E-state index contributed by atoms with van der Waals surface area (Å²) in [6.07, 6.45) is 2.67. The molecule has 24 heavy (non-hydrogen) atoms. The summed E-state index contributed by atoms with van der Waals surface area (Å²) in [6, 6.07) is 14.7. The van der Waals surface area contributed by atoms with E-state index >= 15 is 0 Å². The van der Waals surface area contributed by atoms with Crippen LogP contribution in [0.2, 0.25) is 0 Å². The lowest BCUT2D eigenvalue weighted by atomic mass is 10.1. The summed E-state index contributed by atoms with van der Waals surface area (Å²) in [5.74, 6) is 0.917. The van der Waals surface area contributed by atoms with Crippen LogP contribution in [0.3, 0.4) is 0 Å². The minimum absolute atomic E-state index is 0.327. The van der Waals surface area contributed by atoms with Crippen molar-refractivity contribution in [2.45, 2.75) is 12.8 Å². The maximum absolute atomic E-state index is 12.2. The van der Waals surface area contributed by atoms with E-state index in [1.54, 1.807) is 24.3 Å². The van der Waals surface area contributed by atoms with Gasteiger partial charge >= 0.3 is 0 Å². The number of hydrogen-bond acceptors (Lipinski definition) is 4. The molecular formula is C18H18N2O3S. The first-order valence-electron chi connectivity index (χ1n) is 7.70. The predicted octanol–water partition coefficient (Wildman–Crippen LogP) is 2.50. The second kappa shape index (κ2) is 6.54. The number of rotatable bonds is 5. The van der Waals surface area contributed by atoms with Crippen molar-refractivity contribution in [3.63, 3.8) is 0 Å². The molecule has 0 bridgehead atoms. The zero-order valence-electron chi connectivity index (χ0n) is 13.4. The Morgan fingerprint density at radius 3 is 2.83 bits per heavy atom. The molecule has 1 aliphatic heterocycles. The fourth-order valence-electron chi connectivity index (χ4n) is 2.84. The largest absolute Gasteiger partial charge is 0.493 e. The molecule has 0 amide bonds. The van der Waals surface area contributed by atoms with Crippen LogP contribution in [0.1, 0.15) is 16.7 Å². The minimum Gasteiger partial charge on any atom is -0.493 e. The molecule has 1 heterocycles. The molecule has 0 atom stereocenters. The SMILES string of the molecule is CS(=O)(=O)N(CCc1ccc2c(c1)CCO2)c1cccc(C#N)c1. The first-order chi connectivity index (χ1) is 11.5. The Hall–Kier alpha value is -2.52. The molecule has 0 radical (unpaired) electrons. The van der Waals surface area contributed by atoms with Crippen LogP contribution < -0.4 is 9.04 Å². The number of nitrogens with zero attached hydrogens (tertiary/aromatic N) is 2. The fraction of sp³-hybridized carbons (Fsp3) is 0.278. The van der Waals surface area contributed by atoms with Crippen LogP contribution in [0.4, 0.5) is 5.69 Å². The molecule has 2 aromatic carbocycles. The summed E-state index contributed by atoms with van der Waals surface area (Å²) < 4.78 is 31.2. The second-order valence-electron chi connectivity index (χ2n) is 5.79. The molecule has 5 nitrogen and oxygen atoms in total. The number of benzene rings is 2. The predicted molar refractivity (Wildman–Crippen MR) is 92.7 cm³/mol. The molecule has 124 valence electrons. The summed E-state index contributed by atoms with van der Waals surface area (Å²) >= 11 is 0. The van der Waals surface area contributed by atoms with Gasteiger partial charge in [0, 0.05) is 13.0 Å². The van der Waals surface area contributed by atoms with Crippen molar-refractivity contribution < 1.29 is 13.2 Å². The zero-order valence-corrected chi connectivity index (χ0v) is 14.2. The maximum Gasteiger partial charge on any atom is 0.232 e. The third-order valence-electron chi connectivity index (χ3n) is 4.02. The van der Waals surface area contributed by atoms with Crippen LogP contribution in [-0.4, -0.2) is 27.8 Å². The van der Waals surface area contributed by atoms with E-state index in [-0.39, 0.29) is 0 Å². The number of nitriles is 1. The van der Waals surface area contributed by atoms with Gasteiger partial charge in [-0.1, -0.05) is 18.2 Å². The molecular weight excluding hydrogens is 324 g/mol. The van der Waals surface area contributed by atoms with Crippen molar-refractivity contribution in [1.29, 1.82) is 5.26 Å². The molecule has 1 aliphatic rings. The van der Waals surface area contributed by atoms with Crippen LogP contribution >= 0.6 is 0 Å². The average molecular weight is 342 g/mol. The molecule has 0 spiro atoms. The van der Waals surface area contributed by atoms with Gasteiger partial charge in [0.25, 0.3) is 0 Å². The lowest BCUT2D eigenvalue weighted by Crippen LogP contribution is -2.32. The Labute approximate surface area is 142 Å². The lowest BCUT2D eigenvalue weighted by molar-refractivity contribution is 0.357. The quantitative estimate of drug-likeness (QED) is 0.837. The molecule has 3 rings (SSSR count). The van der Waals surface area contributed by atoms with E-state index in [1.807, 2.05) is 18.2 Å². The van der Waals surface area contributed by atoms with Gasteiger partial charge < -0.3 is 4.74 Å². The molecule has 0 aliphatic carbocycles. The van der Waals surface area contributed by atoms with Crippen LogP contribution in [0.15, 0.2) is 42.5 Å². The topological polar surface area (TPSA) is 70.4 Å². The first-order valence-corrected chi connectivity index (χ1v) is 9.55. The average Bonchev–Trinajstić information content (AvgIpc) is 3.01. The van der Waals surface area contributed by atoms with E-state index in [4.69, 9.17) is 10.00 Å². The van der Waals surface area contributed by atoms with Crippen molar-refractivity contribution >= 4 is 15.7 Å². The number of sulfonamides is 1. The normalized spacial score (nSPS) is 13.0. The highest BCUT2D eigenvalue weighted by Gasteiger charge is 2.18. The molecule has 2 aromatic rings. The van der Waals surface area contributed by atoms with E-state index in [0.717, 1.165) is 17.7 Å². The van der Waals surface area contributed by atoms with E-state index in [1.165, 1.54) is 16.1 Å². The molecule has 0 unspecified atom stereocenters. The lowest BCUT2D eigenvalue weighted by Gasteiger charge is -2.22. The van der Waals surface area contributed by atoms with Crippen LogP contribution in [0.5, 0.6) is 5.75 Å². The van der Waals surface area contributed by atoms with Crippen molar-refractivity contribution in [3.05, 3.63) is 59.2 Å². The number of ether oxygens (including phenoxy) is 1. The van der Waals surface area contributed by atoms with Gasteiger partial charge in [0.15, 0.2) is 0 Å². The molecule has 0 fully saturated rings. The first kappa shape index (κ1) is 16.3. The van der Waals surface area contributed by atoms with E-state index in [0.29, 0.717) is 30.8 Å². The molecule has 0 saturated carbocycles. The summed E-state index contributed by atoms with van der Waals surface area (Å²) in [5, 5.41) is 9.01. The molecule has 0 N–H and O–H groups in total. The van der Waals surface area contributed by atoms with Crippen molar-refractivity contribution in [2.75, 3.05) is 23.7 Å². The van der Waals surface area contributed by atoms with E-state index in [9.17, 15) is 8.42 Å². The molecule has 0 aromatic heterocycles. The van der Waals surface area contributed by atoms with Gasteiger partial charge in [-0.25, -0.2) is 8.42 Å². The highest BCUT2D eigenvalue weighted by Crippen LogP contribution is 2.26. The number of hydrogen-bond donors (Lipinski definition) is 0. The maximum atomic E-state index is 12.2. The molecule has 0 saturated heterocycles. The highest BCUT2D eigenvalue weighted by molar-refractivity contribution is 7.92. The fourth-order valence-corrected chi connectivity index (χ4v) is 3.76. The van der Waals surface area contributed by atoms with Gasteiger partial charge in [-0.05, 0) is 41.8 Å². The highest BCUT2D eigenvalue weighted by atomic mass is 32.2. The Morgan fingerprint density at radius 1 is 1.25 bits per heavy atom.